The lowest BCUT2D eigenvalue weighted by Gasteiger charge is -2.41. The minimum Gasteiger partial charge on any atom is -0.481 e. The number of carbonyl (C=O) groups excluding carboxylic acids is 1. The minimum absolute atomic E-state index is 0.0566. The predicted octanol–water partition coefficient (Wildman–Crippen LogP) is -0.696. The van der Waals surface area contributed by atoms with Crippen LogP contribution in [0.15, 0.2) is 24.3 Å². The molecule has 1 saturated heterocycles. The Balaban J connectivity index is 2.12. The number of sulfonamides is 1. The van der Waals surface area contributed by atoms with Crippen LogP contribution in [0.3, 0.4) is 0 Å². The van der Waals surface area contributed by atoms with Gasteiger partial charge in [0.1, 0.15) is 12.4 Å². The topological polar surface area (TPSA) is 154 Å². The van der Waals surface area contributed by atoms with Gasteiger partial charge in [0, 0.05) is 31.7 Å². The van der Waals surface area contributed by atoms with Crippen molar-refractivity contribution in [3.05, 3.63) is 29.8 Å². The van der Waals surface area contributed by atoms with Crippen molar-refractivity contribution >= 4 is 27.9 Å². The summed E-state index contributed by atoms with van der Waals surface area (Å²) in [6, 6.07) is 5.99. The van der Waals surface area contributed by atoms with E-state index in [9.17, 15) is 33.0 Å². The number of hydrogen-bond donors (Lipinski definition) is 3. The van der Waals surface area contributed by atoms with E-state index in [1.54, 1.807) is 6.92 Å². The lowest BCUT2D eigenvalue weighted by atomic mass is 9.95. The standard InChI is InChI=1S/C20H25N3O8S/c1-3-4-13-31-16-7-5-15(6-8-16)17(24)21-14-20(18(25)26,19(27)28)22-9-11-23(12-10-22)32(2,29)30/h5-8H,9-14H2,1-2H3,(H,21,24)(H,25,26)(H,27,28). The number of amides is 1. The number of rotatable bonds is 9. The fourth-order valence-electron chi connectivity index (χ4n) is 3.23. The first-order valence-electron chi connectivity index (χ1n) is 9.60. The van der Waals surface area contributed by atoms with Gasteiger partial charge >= 0.3 is 11.9 Å². The van der Waals surface area contributed by atoms with Crippen molar-refractivity contribution in [2.75, 3.05) is 45.6 Å². The second-order valence-electron chi connectivity index (χ2n) is 7.04. The van der Waals surface area contributed by atoms with Crippen molar-refractivity contribution in [2.24, 2.45) is 0 Å². The van der Waals surface area contributed by atoms with E-state index in [-0.39, 0.29) is 38.3 Å². The van der Waals surface area contributed by atoms with Crippen LogP contribution in [0.4, 0.5) is 0 Å². The fourth-order valence-corrected chi connectivity index (χ4v) is 4.06. The molecule has 1 heterocycles. The molecule has 32 heavy (non-hydrogen) atoms. The van der Waals surface area contributed by atoms with E-state index in [2.05, 4.69) is 17.2 Å². The Morgan fingerprint density at radius 2 is 1.66 bits per heavy atom. The molecule has 0 bridgehead atoms. The second kappa shape index (κ2) is 10.4. The van der Waals surface area contributed by atoms with Gasteiger partial charge in [0.2, 0.25) is 15.6 Å². The maximum Gasteiger partial charge on any atom is 0.337 e. The van der Waals surface area contributed by atoms with Crippen LogP contribution in [0, 0.1) is 11.8 Å². The molecular weight excluding hydrogens is 442 g/mol. The summed E-state index contributed by atoms with van der Waals surface area (Å²) in [5.41, 5.74) is -2.26. The molecule has 0 aliphatic carbocycles. The number of nitrogens with one attached hydrogen (secondary N) is 1. The number of nitrogens with zero attached hydrogens (tertiary/aromatic N) is 2. The van der Waals surface area contributed by atoms with Crippen molar-refractivity contribution in [1.29, 1.82) is 0 Å². The van der Waals surface area contributed by atoms with Gasteiger partial charge in [-0.2, -0.15) is 4.31 Å². The second-order valence-corrected chi connectivity index (χ2v) is 9.02. The Bertz CT molecular complexity index is 1010. The summed E-state index contributed by atoms with van der Waals surface area (Å²) >= 11 is 0. The third kappa shape index (κ3) is 5.76. The van der Waals surface area contributed by atoms with E-state index in [1.165, 1.54) is 24.3 Å². The predicted molar refractivity (Wildman–Crippen MR) is 114 cm³/mol. The molecule has 0 atom stereocenters. The highest BCUT2D eigenvalue weighted by Crippen LogP contribution is 2.21. The van der Waals surface area contributed by atoms with Crippen LogP contribution in [-0.4, -0.2) is 96.8 Å². The number of piperazine rings is 1. The molecule has 1 fully saturated rings. The third-order valence-electron chi connectivity index (χ3n) is 5.06. The van der Waals surface area contributed by atoms with E-state index >= 15 is 0 Å². The van der Waals surface area contributed by atoms with E-state index in [0.29, 0.717) is 5.75 Å². The van der Waals surface area contributed by atoms with Gasteiger partial charge in [0.15, 0.2) is 0 Å². The van der Waals surface area contributed by atoms with E-state index in [1.807, 2.05) is 0 Å². The van der Waals surface area contributed by atoms with Crippen LogP contribution >= 0.6 is 0 Å². The fraction of sp³-hybridized carbons (Fsp3) is 0.450. The molecule has 1 aromatic rings. The Hall–Kier alpha value is -3.14. The molecule has 1 amide bonds. The van der Waals surface area contributed by atoms with Crippen molar-refractivity contribution in [3.8, 4) is 17.6 Å². The average molecular weight is 468 g/mol. The number of carbonyl (C=O) groups is 3. The molecule has 12 heteroatoms. The largest absolute Gasteiger partial charge is 0.481 e. The molecule has 174 valence electrons. The van der Waals surface area contributed by atoms with E-state index in [0.717, 1.165) is 15.5 Å². The number of carboxylic acids is 2. The summed E-state index contributed by atoms with van der Waals surface area (Å²) in [6.07, 6.45) is 1.03. The first-order chi connectivity index (χ1) is 15.0. The lowest BCUT2D eigenvalue weighted by Crippen LogP contribution is -2.69. The minimum atomic E-state index is -3.48. The monoisotopic (exact) mass is 467 g/mol. The zero-order chi connectivity index (χ0) is 23.9. The van der Waals surface area contributed by atoms with Crippen LogP contribution in [0.1, 0.15) is 17.3 Å². The van der Waals surface area contributed by atoms with Gasteiger partial charge in [-0.1, -0.05) is 5.92 Å². The highest BCUT2D eigenvalue weighted by Gasteiger charge is 2.53. The smallest absolute Gasteiger partial charge is 0.337 e. The summed E-state index contributed by atoms with van der Waals surface area (Å²) < 4.78 is 29.9. The number of benzene rings is 1. The summed E-state index contributed by atoms with van der Waals surface area (Å²) in [7, 11) is -3.48. The normalized spacial score (nSPS) is 15.3. The molecule has 11 nitrogen and oxygen atoms in total. The van der Waals surface area contributed by atoms with Gasteiger partial charge in [-0.15, -0.1) is 5.92 Å². The van der Waals surface area contributed by atoms with Crippen LogP contribution in [0.5, 0.6) is 5.75 Å². The Morgan fingerprint density at radius 3 is 2.12 bits per heavy atom. The van der Waals surface area contributed by atoms with Crippen LogP contribution in [-0.2, 0) is 19.6 Å². The number of hydrogen-bond acceptors (Lipinski definition) is 7. The molecule has 3 N–H and O–H groups in total. The summed E-state index contributed by atoms with van der Waals surface area (Å²) in [6.45, 7) is 0.811. The van der Waals surface area contributed by atoms with Gasteiger partial charge in [-0.3, -0.25) is 9.69 Å². The van der Waals surface area contributed by atoms with E-state index < -0.39 is 40.0 Å². The number of carboxylic acid groups (broad SMARTS) is 2. The summed E-state index contributed by atoms with van der Waals surface area (Å²) in [5.74, 6) is 1.93. The summed E-state index contributed by atoms with van der Waals surface area (Å²) in [5, 5.41) is 21.9. The molecule has 0 saturated carbocycles. The molecule has 1 aliphatic heterocycles. The third-order valence-corrected chi connectivity index (χ3v) is 6.37. The Labute approximate surface area is 186 Å². The molecule has 1 aliphatic rings. The maximum absolute atomic E-state index is 12.5. The van der Waals surface area contributed by atoms with Gasteiger partial charge in [0.05, 0.1) is 12.8 Å². The SMILES string of the molecule is CC#CCOc1ccc(C(=O)NCC(C(=O)O)(C(=O)O)N2CCN(S(C)(=O)=O)CC2)cc1. The first-order valence-corrected chi connectivity index (χ1v) is 11.4. The van der Waals surface area contributed by atoms with Crippen LogP contribution in [0.25, 0.3) is 0 Å². The van der Waals surface area contributed by atoms with Crippen molar-refractivity contribution in [2.45, 2.75) is 12.5 Å². The molecule has 0 unspecified atom stereocenters. The van der Waals surface area contributed by atoms with Crippen LogP contribution < -0.4 is 10.1 Å². The van der Waals surface area contributed by atoms with Gasteiger partial charge in [-0.05, 0) is 31.2 Å². The molecule has 2 rings (SSSR count). The molecule has 0 radical (unpaired) electrons. The quantitative estimate of drug-likeness (QED) is 0.316. The maximum atomic E-state index is 12.5. The zero-order valence-electron chi connectivity index (χ0n) is 17.7. The van der Waals surface area contributed by atoms with E-state index in [4.69, 9.17) is 4.74 Å². The van der Waals surface area contributed by atoms with Gasteiger partial charge in [0.25, 0.3) is 5.91 Å². The summed E-state index contributed by atoms with van der Waals surface area (Å²) in [4.78, 5) is 37.7. The highest BCUT2D eigenvalue weighted by molar-refractivity contribution is 7.88. The molecular formula is C20H25N3O8S. The van der Waals surface area contributed by atoms with Crippen LogP contribution in [0.2, 0.25) is 0 Å². The van der Waals surface area contributed by atoms with Crippen molar-refractivity contribution < 1.29 is 37.8 Å². The number of aliphatic carboxylic acids is 2. The highest BCUT2D eigenvalue weighted by atomic mass is 32.2. The average Bonchev–Trinajstić information content (AvgIpc) is 2.74. The van der Waals surface area contributed by atoms with Crippen molar-refractivity contribution in [1.82, 2.24) is 14.5 Å². The van der Waals surface area contributed by atoms with Crippen molar-refractivity contribution in [3.63, 3.8) is 0 Å². The Morgan fingerprint density at radius 1 is 1.09 bits per heavy atom. The zero-order valence-corrected chi connectivity index (χ0v) is 18.5. The molecule has 0 spiro atoms. The van der Waals surface area contributed by atoms with Gasteiger partial charge < -0.3 is 20.3 Å². The Kier molecular flexibility index (Phi) is 8.20. The lowest BCUT2D eigenvalue weighted by molar-refractivity contribution is -0.168. The molecule has 1 aromatic carbocycles. The first kappa shape index (κ1) is 25.1. The van der Waals surface area contributed by atoms with Gasteiger partial charge in [-0.25, -0.2) is 18.0 Å². The molecule has 0 aromatic heterocycles. The number of ether oxygens (including phenoxy) is 1.